The zero-order chi connectivity index (χ0) is 95.9. The van der Waals surface area contributed by atoms with Crippen LogP contribution in [0.2, 0.25) is 0 Å². The molecule has 0 aromatic heterocycles. The molecule has 0 radical (unpaired) electrons. The summed E-state index contributed by atoms with van der Waals surface area (Å²) in [4.78, 5) is 65.1. The molecule has 0 spiro atoms. The Balaban J connectivity index is 0.000000132. The Bertz CT molecular complexity index is 4930. The predicted octanol–water partition coefficient (Wildman–Crippen LogP) is 21.4. The molecule has 4 saturated heterocycles. The Morgan fingerprint density at radius 2 is 0.360 bits per heavy atom. The highest BCUT2D eigenvalue weighted by Gasteiger charge is 2.45. The van der Waals surface area contributed by atoms with E-state index in [0.29, 0.717) is 133 Å². The van der Waals surface area contributed by atoms with E-state index >= 15 is 0 Å². The number of alkyl halides is 8. The maximum atomic E-state index is 12.4. The van der Waals surface area contributed by atoms with Crippen LogP contribution in [-0.4, -0.2) is 199 Å². The molecule has 0 atom stereocenters. The molecule has 8 heterocycles. The number of morpholine rings is 4. The first-order valence-corrected chi connectivity index (χ1v) is 48.6. The van der Waals surface area contributed by atoms with Crippen molar-refractivity contribution in [3.8, 4) is 46.0 Å². The fraction of sp³-hybridized carbons (Fsp3) is 0.269. The molecule has 32 heteroatoms. The summed E-state index contributed by atoms with van der Waals surface area (Å²) in [6, 6.07) is 109. The van der Waals surface area contributed by atoms with Crippen LogP contribution in [0.15, 0.2) is 374 Å². The average molecular weight is 1950 g/mol. The second kappa shape index (κ2) is 49.8. The molecule has 136 heavy (non-hydrogen) atoms. The molecule has 0 saturated carbocycles. The lowest BCUT2D eigenvalue weighted by molar-refractivity contribution is -0.176. The number of hydrogen-bond acceptors (Lipinski definition) is 20. The quantitative estimate of drug-likeness (QED) is 0.0383. The number of benzene rings is 12. The first kappa shape index (κ1) is 102. The third-order valence-corrected chi connectivity index (χ3v) is 29.9. The van der Waals surface area contributed by atoms with Gasteiger partial charge in [-0.2, -0.15) is 35.1 Å². The summed E-state index contributed by atoms with van der Waals surface area (Å²) in [5.41, 5.74) is 0. The van der Waals surface area contributed by atoms with Crippen LogP contribution in [0.4, 0.5) is 35.1 Å². The van der Waals surface area contributed by atoms with E-state index in [9.17, 15) is 54.3 Å². The van der Waals surface area contributed by atoms with Crippen LogP contribution in [0.5, 0.6) is 46.0 Å². The molecule has 0 unspecified atom stereocenters. The van der Waals surface area contributed by atoms with Crippen LogP contribution in [-0.2, 0) is 101 Å². The molecule has 12 aromatic rings. The highest BCUT2D eigenvalue weighted by atomic mass is 32.2. The number of esters is 4. The zero-order valence-electron chi connectivity index (χ0n) is 75.1. The minimum atomic E-state index is -3.41. The molecule has 20 rings (SSSR count). The van der Waals surface area contributed by atoms with Crippen molar-refractivity contribution in [1.82, 2.24) is 19.6 Å². The van der Waals surface area contributed by atoms with Crippen molar-refractivity contribution in [2.75, 3.05) is 132 Å². The van der Waals surface area contributed by atoms with Crippen molar-refractivity contribution >= 4 is 67.5 Å². The Hall–Kier alpha value is -11.8. The van der Waals surface area contributed by atoms with E-state index < -0.39 is 47.6 Å². The van der Waals surface area contributed by atoms with Gasteiger partial charge in [0.2, 0.25) is 39.2 Å². The summed E-state index contributed by atoms with van der Waals surface area (Å²) in [5, 5.41) is 0. The number of carbonyl (C=O) groups is 4. The summed E-state index contributed by atoms with van der Waals surface area (Å²) < 4.78 is 161. The first-order chi connectivity index (χ1) is 65.7. The molecule has 0 amide bonds. The van der Waals surface area contributed by atoms with Crippen molar-refractivity contribution in [3.05, 3.63) is 315 Å². The summed E-state index contributed by atoms with van der Waals surface area (Å²) in [6.07, 6.45) is 0. The monoisotopic (exact) mass is 1940 g/mol. The van der Waals surface area contributed by atoms with Gasteiger partial charge in [0, 0.05) is 80.1 Å². The van der Waals surface area contributed by atoms with Gasteiger partial charge in [0.05, 0.1) is 52.9 Å². The fourth-order valence-electron chi connectivity index (χ4n) is 13.8. The van der Waals surface area contributed by atoms with Gasteiger partial charge < -0.3 is 56.8 Å². The molecule has 0 aliphatic carbocycles. The zero-order valence-corrected chi connectivity index (χ0v) is 78.4. The highest BCUT2D eigenvalue weighted by molar-refractivity contribution is 7.98. The van der Waals surface area contributed by atoms with Gasteiger partial charge in [-0.1, -0.05) is 170 Å². The van der Waals surface area contributed by atoms with E-state index in [-0.39, 0.29) is 70.5 Å². The average Bonchev–Trinajstić information content (AvgIpc) is 0.777. The Morgan fingerprint density at radius 3 is 0.500 bits per heavy atom. The Labute approximate surface area is 796 Å². The van der Waals surface area contributed by atoms with E-state index in [0.717, 1.165) is 46.0 Å². The lowest BCUT2D eigenvalue weighted by atomic mass is 10.3. The topological polar surface area (TPSA) is 192 Å². The summed E-state index contributed by atoms with van der Waals surface area (Å²) >= 11 is 0. The van der Waals surface area contributed by atoms with Crippen molar-refractivity contribution in [2.45, 2.75) is 110 Å². The first-order valence-electron chi connectivity index (χ1n) is 43.7. The summed E-state index contributed by atoms with van der Waals surface area (Å²) in [7, 11) is -0.332. The minimum absolute atomic E-state index is 0.0829. The third kappa shape index (κ3) is 29.2. The van der Waals surface area contributed by atoms with Crippen LogP contribution >= 0.6 is 0 Å². The molecule has 20 nitrogen and oxygen atoms in total. The number of fused-ring (bicyclic) bond motifs is 8. The smallest absolute Gasteiger partial charge is 0.377 e. The second-order valence-corrected chi connectivity index (χ2v) is 39.0. The van der Waals surface area contributed by atoms with Crippen molar-refractivity contribution < 1.29 is 111 Å². The molecule has 8 aliphatic heterocycles. The van der Waals surface area contributed by atoms with Gasteiger partial charge >= 0.3 is 47.6 Å². The molecule has 0 N–H and O–H groups in total. The van der Waals surface area contributed by atoms with Gasteiger partial charge in [-0.3, -0.25) is 19.6 Å². The minimum Gasteiger partial charge on any atom is -0.447 e. The van der Waals surface area contributed by atoms with E-state index in [2.05, 4.69) is 237 Å². The molecular formula is C104H104F8N4O16S4+4. The SMILES string of the molecule is CC(F)(F)C(=O)OCN1CCOCC1.CC(F)(F)C(=O)OCN1CCOCC1.CC(F)(F)C(=O)OCN1CCOCC1.CC(F)(F)C(=O)OCN1CCOCC1.c1ccc([S+]2c3ccccc3Oc3ccccc32)cc1.c1ccc([S+]2c3ccccc3Oc3ccccc32)cc1.c1ccc([S+]2c3ccccc3Oc3ccccc32)cc1.c1ccc([S+]2c3ccccc3Oc3ccccc32)cc1. The highest BCUT2D eigenvalue weighted by Crippen LogP contribution is 2.51. The number of nitrogens with zero attached hydrogens (tertiary/aromatic N) is 4. The normalized spacial score (nSPS) is 15.7. The number of ether oxygens (including phenoxy) is 12. The van der Waals surface area contributed by atoms with E-state index in [4.69, 9.17) is 37.9 Å². The van der Waals surface area contributed by atoms with E-state index in [1.165, 1.54) is 58.7 Å². The number of para-hydroxylation sites is 8. The van der Waals surface area contributed by atoms with Crippen LogP contribution in [0.1, 0.15) is 27.7 Å². The van der Waals surface area contributed by atoms with Crippen molar-refractivity contribution in [2.24, 2.45) is 0 Å². The number of halogens is 8. The summed E-state index contributed by atoms with van der Waals surface area (Å²) in [5.74, 6) is -11.8. The fourth-order valence-corrected chi connectivity index (χ4v) is 22.7. The lowest BCUT2D eigenvalue weighted by Gasteiger charge is -2.26. The Morgan fingerprint density at radius 1 is 0.228 bits per heavy atom. The molecule has 4 fully saturated rings. The Kier molecular flexibility index (Phi) is 37.2. The largest absolute Gasteiger partial charge is 0.447 e. The lowest BCUT2D eigenvalue weighted by Crippen LogP contribution is -2.40. The maximum Gasteiger partial charge on any atom is 0.377 e. The third-order valence-electron chi connectivity index (χ3n) is 20.7. The van der Waals surface area contributed by atoms with Crippen LogP contribution in [0.3, 0.4) is 0 Å². The van der Waals surface area contributed by atoms with E-state index in [1.54, 1.807) is 19.6 Å². The molecule has 8 aliphatic rings. The van der Waals surface area contributed by atoms with Crippen molar-refractivity contribution in [3.63, 3.8) is 0 Å². The van der Waals surface area contributed by atoms with Crippen molar-refractivity contribution in [1.29, 1.82) is 0 Å². The second-order valence-electron chi connectivity index (χ2n) is 31.2. The predicted molar refractivity (Wildman–Crippen MR) is 502 cm³/mol. The maximum absolute atomic E-state index is 12.4. The van der Waals surface area contributed by atoms with Gasteiger partial charge in [0.25, 0.3) is 0 Å². The number of carbonyl (C=O) groups excluding carboxylic acids is 4. The van der Waals surface area contributed by atoms with Gasteiger partial charge in [0.15, 0.2) is 65.6 Å². The van der Waals surface area contributed by atoms with Gasteiger partial charge in [-0.15, -0.1) is 0 Å². The van der Waals surface area contributed by atoms with Gasteiger partial charge in [0.1, 0.15) is 70.5 Å². The molecule has 0 bridgehead atoms. The van der Waals surface area contributed by atoms with E-state index in [1.807, 2.05) is 97.1 Å². The van der Waals surface area contributed by atoms with Gasteiger partial charge in [-0.25, -0.2) is 19.2 Å². The molecule has 12 aromatic carbocycles. The van der Waals surface area contributed by atoms with Crippen LogP contribution in [0, 0.1) is 0 Å². The van der Waals surface area contributed by atoms with Crippen LogP contribution in [0.25, 0.3) is 0 Å². The molecule has 712 valence electrons. The van der Waals surface area contributed by atoms with Crippen LogP contribution < -0.4 is 18.9 Å². The van der Waals surface area contributed by atoms with Gasteiger partial charge in [-0.05, 0) is 146 Å². The number of rotatable bonds is 16. The standard InChI is InChI=1S/4C18H13OS.4C8H13F2NO3/c4*1-2-8-14(9-3-1)20-17-12-6-4-10-15(17)19-16-11-5-7-13-18(16)20;4*1-8(9,10)7(12)14-6-11-2-4-13-5-3-11/h4*1-13H;4*2-6H2,1H3/q4*+1;;;;. The molecular weight excluding hydrogens is 1840 g/mol. The summed E-state index contributed by atoms with van der Waals surface area (Å²) in [6.45, 7) is 10.9. The number of hydrogen-bond donors (Lipinski definition) is 0.